The van der Waals surface area contributed by atoms with Crippen LogP contribution in [0, 0.1) is 0 Å². The number of rotatable bonds is 5. The zero-order valence-electron chi connectivity index (χ0n) is 11.8. The lowest BCUT2D eigenvalue weighted by atomic mass is 10.1. The number of carboxylic acids is 1. The normalized spacial score (nSPS) is 10.2. The predicted octanol–water partition coefficient (Wildman–Crippen LogP) is 2.70. The molecule has 0 aliphatic rings. The molecule has 2 aromatic rings. The highest BCUT2D eigenvalue weighted by atomic mass is 16.4. The number of nitrogens with one attached hydrogen (secondary N) is 2. The molecule has 0 heterocycles. The second kappa shape index (κ2) is 6.62. The summed E-state index contributed by atoms with van der Waals surface area (Å²) in [4.78, 5) is 22.4. The van der Waals surface area contributed by atoms with Crippen molar-refractivity contribution in [3.8, 4) is 5.75 Å². The van der Waals surface area contributed by atoms with Crippen molar-refractivity contribution in [3.63, 3.8) is 0 Å². The molecular formula is C16H16N2O4. The third kappa shape index (κ3) is 3.54. The van der Waals surface area contributed by atoms with Gasteiger partial charge in [-0.05, 0) is 18.6 Å². The summed E-state index contributed by atoms with van der Waals surface area (Å²) in [7, 11) is 0. The molecule has 0 fully saturated rings. The van der Waals surface area contributed by atoms with Gasteiger partial charge < -0.3 is 20.8 Å². The number of amides is 2. The largest absolute Gasteiger partial charge is 0.507 e. The van der Waals surface area contributed by atoms with Crippen molar-refractivity contribution in [1.82, 2.24) is 5.32 Å². The predicted molar refractivity (Wildman–Crippen MR) is 84.0 cm³/mol. The van der Waals surface area contributed by atoms with Gasteiger partial charge in [0, 0.05) is 22.9 Å². The Balaban J connectivity index is 2.02. The van der Waals surface area contributed by atoms with Gasteiger partial charge in [0.25, 0.3) is 0 Å². The summed E-state index contributed by atoms with van der Waals surface area (Å²) in [6.07, 6.45) is 0.166. The zero-order valence-corrected chi connectivity index (χ0v) is 11.8. The van der Waals surface area contributed by atoms with Gasteiger partial charge >= 0.3 is 12.0 Å². The Morgan fingerprint density at radius 1 is 1.09 bits per heavy atom. The van der Waals surface area contributed by atoms with Crippen LogP contribution in [0.2, 0.25) is 0 Å². The Hall–Kier alpha value is -3.02. The van der Waals surface area contributed by atoms with Crippen LogP contribution in [0.3, 0.4) is 0 Å². The monoisotopic (exact) mass is 300 g/mol. The summed E-state index contributed by atoms with van der Waals surface area (Å²) in [6, 6.07) is 9.80. The fraction of sp³-hybridized carbons (Fsp3) is 0.125. The lowest BCUT2D eigenvalue weighted by molar-refractivity contribution is -0.132. The van der Waals surface area contributed by atoms with Crippen LogP contribution in [0.1, 0.15) is 6.42 Å². The van der Waals surface area contributed by atoms with Crippen molar-refractivity contribution in [2.75, 3.05) is 11.9 Å². The molecule has 0 atom stereocenters. The maximum atomic E-state index is 11.8. The molecule has 4 N–H and O–H groups in total. The highest BCUT2D eigenvalue weighted by Crippen LogP contribution is 2.29. The van der Waals surface area contributed by atoms with Crippen molar-refractivity contribution < 1.29 is 19.8 Å². The van der Waals surface area contributed by atoms with Crippen molar-refractivity contribution in [2.45, 2.75) is 6.42 Å². The van der Waals surface area contributed by atoms with Crippen LogP contribution in [-0.2, 0) is 4.79 Å². The van der Waals surface area contributed by atoms with E-state index >= 15 is 0 Å². The number of carbonyl (C=O) groups excluding carboxylic acids is 1. The highest BCUT2D eigenvalue weighted by molar-refractivity contribution is 6.03. The van der Waals surface area contributed by atoms with E-state index in [2.05, 4.69) is 17.2 Å². The fourth-order valence-electron chi connectivity index (χ4n) is 2.00. The second-order valence-electron chi connectivity index (χ2n) is 4.72. The molecule has 0 saturated carbocycles. The van der Waals surface area contributed by atoms with E-state index in [1.54, 1.807) is 36.4 Å². The molecular weight excluding hydrogens is 284 g/mol. The number of carboxylic acid groups (broad SMARTS) is 1. The van der Waals surface area contributed by atoms with Crippen LogP contribution < -0.4 is 10.6 Å². The number of urea groups is 1. The van der Waals surface area contributed by atoms with E-state index in [1.807, 2.05) is 0 Å². The van der Waals surface area contributed by atoms with E-state index in [4.69, 9.17) is 5.11 Å². The van der Waals surface area contributed by atoms with E-state index in [1.165, 1.54) is 0 Å². The summed E-state index contributed by atoms with van der Waals surface area (Å²) in [6.45, 7) is 3.56. The quantitative estimate of drug-likeness (QED) is 0.638. The smallest absolute Gasteiger partial charge is 0.331 e. The molecule has 0 unspecified atom stereocenters. The van der Waals surface area contributed by atoms with E-state index in [0.29, 0.717) is 16.5 Å². The summed E-state index contributed by atoms with van der Waals surface area (Å²) in [5, 5.41) is 25.1. The highest BCUT2D eigenvalue weighted by Gasteiger charge is 2.08. The number of fused-ring (bicyclic) bond motifs is 1. The van der Waals surface area contributed by atoms with Crippen LogP contribution in [0.5, 0.6) is 5.75 Å². The number of phenols is 1. The molecule has 0 aliphatic carbocycles. The van der Waals surface area contributed by atoms with Crippen molar-refractivity contribution >= 4 is 28.5 Å². The molecule has 2 rings (SSSR count). The molecule has 114 valence electrons. The lowest BCUT2D eigenvalue weighted by Crippen LogP contribution is -2.30. The Morgan fingerprint density at radius 2 is 1.77 bits per heavy atom. The molecule has 0 bridgehead atoms. The number of hydrogen-bond acceptors (Lipinski definition) is 3. The number of phenolic OH excluding ortho intramolecular Hbond substituents is 1. The van der Waals surface area contributed by atoms with Gasteiger partial charge in [0.2, 0.25) is 0 Å². The zero-order chi connectivity index (χ0) is 16.1. The van der Waals surface area contributed by atoms with Gasteiger partial charge in [0.1, 0.15) is 5.75 Å². The number of benzene rings is 2. The first kappa shape index (κ1) is 15.4. The minimum atomic E-state index is -1.08. The summed E-state index contributed by atoms with van der Waals surface area (Å²) in [5.74, 6) is -0.939. The first-order valence-corrected chi connectivity index (χ1v) is 6.65. The molecule has 6 nitrogen and oxygen atoms in total. The van der Waals surface area contributed by atoms with Gasteiger partial charge in [-0.15, -0.1) is 0 Å². The molecule has 22 heavy (non-hydrogen) atoms. The van der Waals surface area contributed by atoms with E-state index < -0.39 is 12.0 Å². The van der Waals surface area contributed by atoms with Crippen molar-refractivity contribution in [3.05, 3.63) is 48.6 Å². The standard InChI is InChI=1S/C16H16N2O4/c1-10(15(20)21)8-9-17-16(22)18-13-6-2-5-12-11(13)4-3-7-14(12)19/h2-7,19H,1,8-9H2,(H,20,21)(H2,17,18,22). The van der Waals surface area contributed by atoms with Crippen molar-refractivity contribution in [1.29, 1.82) is 0 Å². The lowest BCUT2D eigenvalue weighted by Gasteiger charge is -2.10. The number of hydrogen-bond donors (Lipinski definition) is 4. The third-order valence-corrected chi connectivity index (χ3v) is 3.16. The number of carbonyl (C=O) groups is 2. The van der Waals surface area contributed by atoms with Gasteiger partial charge in [0.15, 0.2) is 0 Å². The SMILES string of the molecule is C=C(CCNC(=O)Nc1cccc2c(O)cccc12)C(=O)O. The third-order valence-electron chi connectivity index (χ3n) is 3.16. The summed E-state index contributed by atoms with van der Waals surface area (Å²) >= 11 is 0. The van der Waals surface area contributed by atoms with Crippen LogP contribution in [-0.4, -0.2) is 28.8 Å². The Bertz CT molecular complexity index is 740. The van der Waals surface area contributed by atoms with Crippen molar-refractivity contribution in [2.24, 2.45) is 0 Å². The minimum Gasteiger partial charge on any atom is -0.507 e. The van der Waals surface area contributed by atoms with E-state index in [0.717, 1.165) is 0 Å². The maximum absolute atomic E-state index is 11.8. The van der Waals surface area contributed by atoms with Crippen LogP contribution in [0.15, 0.2) is 48.6 Å². The van der Waals surface area contributed by atoms with Gasteiger partial charge in [-0.2, -0.15) is 0 Å². The van der Waals surface area contributed by atoms with Crippen LogP contribution >= 0.6 is 0 Å². The molecule has 2 aromatic carbocycles. The van der Waals surface area contributed by atoms with Crippen LogP contribution in [0.25, 0.3) is 10.8 Å². The average molecular weight is 300 g/mol. The average Bonchev–Trinajstić information content (AvgIpc) is 2.48. The molecule has 2 amide bonds. The summed E-state index contributed by atoms with van der Waals surface area (Å²) < 4.78 is 0. The number of anilines is 1. The van der Waals surface area contributed by atoms with Gasteiger partial charge in [0.05, 0.1) is 5.69 Å². The Kier molecular flexibility index (Phi) is 4.63. The van der Waals surface area contributed by atoms with Gasteiger partial charge in [-0.3, -0.25) is 0 Å². The molecule has 6 heteroatoms. The Labute approximate surface area is 127 Å². The number of aliphatic carboxylic acids is 1. The molecule has 0 radical (unpaired) electrons. The van der Waals surface area contributed by atoms with Gasteiger partial charge in [-0.25, -0.2) is 9.59 Å². The number of aromatic hydroxyl groups is 1. The molecule has 0 spiro atoms. The molecule has 0 saturated heterocycles. The first-order chi connectivity index (χ1) is 10.5. The van der Waals surface area contributed by atoms with Crippen LogP contribution in [0.4, 0.5) is 10.5 Å². The molecule has 0 aliphatic heterocycles. The Morgan fingerprint density at radius 3 is 2.50 bits per heavy atom. The summed E-state index contributed by atoms with van der Waals surface area (Å²) in [5.41, 5.74) is 0.596. The van der Waals surface area contributed by atoms with Gasteiger partial charge in [-0.1, -0.05) is 30.8 Å². The first-order valence-electron chi connectivity index (χ1n) is 6.65. The maximum Gasteiger partial charge on any atom is 0.331 e. The second-order valence-corrected chi connectivity index (χ2v) is 4.72. The van der Waals surface area contributed by atoms with E-state index in [9.17, 15) is 14.7 Å². The minimum absolute atomic E-state index is 0.0374. The molecule has 0 aromatic heterocycles. The fourth-order valence-corrected chi connectivity index (χ4v) is 2.00. The van der Waals surface area contributed by atoms with E-state index in [-0.39, 0.29) is 24.3 Å². The topological polar surface area (TPSA) is 98.7 Å².